The van der Waals surface area contributed by atoms with Gasteiger partial charge in [-0.15, -0.1) is 0 Å². The van der Waals surface area contributed by atoms with Gasteiger partial charge in [-0.2, -0.15) is 13.2 Å². The molecule has 2 nitrogen and oxygen atoms in total. The van der Waals surface area contributed by atoms with Crippen LogP contribution in [0, 0.1) is 13.8 Å². The molecule has 5 heteroatoms. The summed E-state index contributed by atoms with van der Waals surface area (Å²) in [5.74, 6) is 0. The fourth-order valence-corrected chi connectivity index (χ4v) is 1.99. The number of hydrogen-bond donors (Lipinski definition) is 1. The fourth-order valence-electron chi connectivity index (χ4n) is 1.99. The average Bonchev–Trinajstić information content (AvgIpc) is 2.24. The molecule has 18 heavy (non-hydrogen) atoms. The van der Waals surface area contributed by atoms with Crippen LogP contribution in [-0.4, -0.2) is 17.7 Å². The summed E-state index contributed by atoms with van der Waals surface area (Å²) in [5.41, 5.74) is 2.53. The maximum Gasteiger partial charge on any atom is 0.389 e. The molecule has 1 rings (SSSR count). The minimum atomic E-state index is -4.11. The molecule has 1 N–H and O–H groups in total. The lowest BCUT2D eigenvalue weighted by Crippen LogP contribution is -2.24. The van der Waals surface area contributed by atoms with Crippen LogP contribution in [0.25, 0.3) is 0 Å². The molecule has 1 unspecified atom stereocenters. The van der Waals surface area contributed by atoms with Crippen LogP contribution in [0.1, 0.15) is 42.8 Å². The molecule has 1 atom stereocenters. The van der Waals surface area contributed by atoms with Gasteiger partial charge < -0.3 is 5.32 Å². The SMILES string of the molecule is CCNC(CCC(F)(F)F)c1ccc(C)nc1C. The zero-order valence-corrected chi connectivity index (χ0v) is 10.9. The predicted octanol–water partition coefficient (Wildman–Crippen LogP) is 3.69. The average molecular weight is 260 g/mol. The summed E-state index contributed by atoms with van der Waals surface area (Å²) in [6.07, 6.45) is -4.85. The van der Waals surface area contributed by atoms with Gasteiger partial charge in [0.2, 0.25) is 0 Å². The molecule has 0 aliphatic heterocycles. The number of halogens is 3. The second kappa shape index (κ2) is 6.18. The van der Waals surface area contributed by atoms with Gasteiger partial charge in [0.15, 0.2) is 0 Å². The third-order valence-corrected chi connectivity index (χ3v) is 2.81. The van der Waals surface area contributed by atoms with Gasteiger partial charge in [0.1, 0.15) is 0 Å². The van der Waals surface area contributed by atoms with Crippen LogP contribution < -0.4 is 5.32 Å². The van der Waals surface area contributed by atoms with Crippen LogP contribution in [0.4, 0.5) is 13.2 Å². The Kier molecular flexibility index (Phi) is 5.14. The number of aryl methyl sites for hydroxylation is 2. The first-order valence-corrected chi connectivity index (χ1v) is 6.07. The monoisotopic (exact) mass is 260 g/mol. The van der Waals surface area contributed by atoms with E-state index in [4.69, 9.17) is 0 Å². The van der Waals surface area contributed by atoms with Gasteiger partial charge in [-0.3, -0.25) is 4.98 Å². The molecule has 0 spiro atoms. The van der Waals surface area contributed by atoms with E-state index in [1.54, 1.807) is 0 Å². The lowest BCUT2D eigenvalue weighted by Gasteiger charge is -2.20. The van der Waals surface area contributed by atoms with Gasteiger partial charge >= 0.3 is 6.18 Å². The van der Waals surface area contributed by atoms with Crippen molar-refractivity contribution in [1.82, 2.24) is 10.3 Å². The van der Waals surface area contributed by atoms with Crippen molar-refractivity contribution in [3.05, 3.63) is 29.1 Å². The largest absolute Gasteiger partial charge is 0.389 e. The molecular formula is C13H19F3N2. The Hall–Kier alpha value is -1.10. The van der Waals surface area contributed by atoms with Crippen molar-refractivity contribution in [2.45, 2.75) is 45.8 Å². The molecule has 0 bridgehead atoms. The second-order valence-electron chi connectivity index (χ2n) is 4.39. The molecule has 0 saturated heterocycles. The normalized spacial score (nSPS) is 13.7. The zero-order valence-electron chi connectivity index (χ0n) is 10.9. The van der Waals surface area contributed by atoms with Crippen LogP contribution in [0.5, 0.6) is 0 Å². The Balaban J connectivity index is 2.83. The quantitative estimate of drug-likeness (QED) is 0.873. The smallest absolute Gasteiger partial charge is 0.310 e. The van der Waals surface area contributed by atoms with Crippen molar-refractivity contribution >= 4 is 0 Å². The summed E-state index contributed by atoms with van der Waals surface area (Å²) in [7, 11) is 0. The Labute approximate surface area is 106 Å². The molecule has 1 aromatic heterocycles. The highest BCUT2D eigenvalue weighted by atomic mass is 19.4. The van der Waals surface area contributed by atoms with Crippen LogP contribution in [0.3, 0.4) is 0 Å². The Morgan fingerprint density at radius 3 is 2.44 bits per heavy atom. The lowest BCUT2D eigenvalue weighted by atomic mass is 10.00. The first kappa shape index (κ1) is 15.0. The van der Waals surface area contributed by atoms with Crippen LogP contribution >= 0.6 is 0 Å². The molecule has 0 fully saturated rings. The number of alkyl halides is 3. The zero-order chi connectivity index (χ0) is 13.8. The third kappa shape index (κ3) is 4.64. The predicted molar refractivity (Wildman–Crippen MR) is 65.4 cm³/mol. The Morgan fingerprint density at radius 2 is 1.94 bits per heavy atom. The molecule has 102 valence electrons. The summed E-state index contributed by atoms with van der Waals surface area (Å²) >= 11 is 0. The van der Waals surface area contributed by atoms with Gasteiger partial charge in [0, 0.05) is 23.9 Å². The number of rotatable bonds is 5. The maximum absolute atomic E-state index is 12.3. The van der Waals surface area contributed by atoms with Crippen molar-refractivity contribution in [3.8, 4) is 0 Å². The van der Waals surface area contributed by atoms with E-state index in [2.05, 4.69) is 10.3 Å². The molecule has 1 heterocycles. The van der Waals surface area contributed by atoms with Gasteiger partial charge in [-0.1, -0.05) is 13.0 Å². The highest BCUT2D eigenvalue weighted by Crippen LogP contribution is 2.28. The first-order chi connectivity index (χ1) is 8.33. The number of nitrogens with zero attached hydrogens (tertiary/aromatic N) is 1. The summed E-state index contributed by atoms with van der Waals surface area (Å²) < 4.78 is 36.9. The van der Waals surface area contributed by atoms with Crippen LogP contribution in [0.2, 0.25) is 0 Å². The van der Waals surface area contributed by atoms with E-state index in [-0.39, 0.29) is 12.5 Å². The molecule has 0 aliphatic rings. The molecule has 0 amide bonds. The summed E-state index contributed by atoms with van der Waals surface area (Å²) in [4.78, 5) is 4.30. The van der Waals surface area contributed by atoms with Crippen molar-refractivity contribution < 1.29 is 13.2 Å². The molecule has 0 saturated carbocycles. The minimum Gasteiger partial charge on any atom is -0.310 e. The lowest BCUT2D eigenvalue weighted by molar-refractivity contribution is -0.136. The Bertz CT molecular complexity index is 388. The van der Waals surface area contributed by atoms with Gasteiger partial charge in [-0.05, 0) is 38.4 Å². The third-order valence-electron chi connectivity index (χ3n) is 2.81. The van der Waals surface area contributed by atoms with Gasteiger partial charge in [0.05, 0.1) is 0 Å². The summed E-state index contributed by atoms with van der Waals surface area (Å²) in [6.45, 7) is 6.22. The summed E-state index contributed by atoms with van der Waals surface area (Å²) in [6, 6.07) is 3.41. The Morgan fingerprint density at radius 1 is 1.28 bits per heavy atom. The van der Waals surface area contributed by atoms with E-state index in [0.29, 0.717) is 6.54 Å². The number of nitrogens with one attached hydrogen (secondary N) is 1. The summed E-state index contributed by atoms with van der Waals surface area (Å²) in [5, 5.41) is 3.09. The second-order valence-corrected chi connectivity index (χ2v) is 4.39. The molecule has 0 aromatic carbocycles. The number of aromatic nitrogens is 1. The van der Waals surface area contributed by atoms with E-state index in [9.17, 15) is 13.2 Å². The number of hydrogen-bond acceptors (Lipinski definition) is 2. The van der Waals surface area contributed by atoms with E-state index in [1.165, 1.54) is 0 Å². The van der Waals surface area contributed by atoms with E-state index >= 15 is 0 Å². The minimum absolute atomic E-state index is 0.0446. The number of pyridine rings is 1. The molecular weight excluding hydrogens is 241 g/mol. The molecule has 0 aliphatic carbocycles. The van der Waals surface area contributed by atoms with Crippen LogP contribution in [0.15, 0.2) is 12.1 Å². The van der Waals surface area contributed by atoms with Crippen molar-refractivity contribution in [1.29, 1.82) is 0 Å². The molecule has 0 radical (unpaired) electrons. The van der Waals surface area contributed by atoms with Gasteiger partial charge in [-0.25, -0.2) is 0 Å². The highest BCUT2D eigenvalue weighted by molar-refractivity contribution is 5.25. The van der Waals surface area contributed by atoms with Crippen molar-refractivity contribution in [2.75, 3.05) is 6.54 Å². The van der Waals surface area contributed by atoms with Gasteiger partial charge in [0.25, 0.3) is 0 Å². The van der Waals surface area contributed by atoms with E-state index < -0.39 is 12.6 Å². The molecule has 1 aromatic rings. The van der Waals surface area contributed by atoms with Crippen LogP contribution in [-0.2, 0) is 0 Å². The van der Waals surface area contributed by atoms with E-state index in [0.717, 1.165) is 17.0 Å². The first-order valence-electron chi connectivity index (χ1n) is 6.07. The highest BCUT2D eigenvalue weighted by Gasteiger charge is 2.29. The maximum atomic E-state index is 12.3. The fraction of sp³-hybridized carbons (Fsp3) is 0.615. The van der Waals surface area contributed by atoms with E-state index in [1.807, 2.05) is 32.9 Å². The topological polar surface area (TPSA) is 24.9 Å². The van der Waals surface area contributed by atoms with Crippen molar-refractivity contribution in [3.63, 3.8) is 0 Å². The standard InChI is InChI=1S/C13H19F3N2/c1-4-17-12(7-8-13(14,15)16)11-6-5-9(2)18-10(11)3/h5-6,12,17H,4,7-8H2,1-3H3. The van der Waals surface area contributed by atoms with Crippen molar-refractivity contribution in [2.24, 2.45) is 0 Å².